The number of nitro benzene ring substituents is 1. The summed E-state index contributed by atoms with van der Waals surface area (Å²) < 4.78 is 18.4. The number of nitro groups is 1. The summed E-state index contributed by atoms with van der Waals surface area (Å²) >= 11 is 0. The van der Waals surface area contributed by atoms with E-state index in [1.54, 1.807) is 31.4 Å². The lowest BCUT2D eigenvalue weighted by atomic mass is 9.83. The van der Waals surface area contributed by atoms with Crippen molar-refractivity contribution in [3.05, 3.63) is 64.0 Å². The van der Waals surface area contributed by atoms with Crippen molar-refractivity contribution in [2.24, 2.45) is 5.92 Å². The largest absolute Gasteiger partial charge is 0.383 e. The van der Waals surface area contributed by atoms with Gasteiger partial charge in [-0.15, -0.1) is 0 Å². The van der Waals surface area contributed by atoms with E-state index >= 15 is 0 Å². The van der Waals surface area contributed by atoms with Crippen molar-refractivity contribution >= 4 is 23.0 Å². The summed E-state index contributed by atoms with van der Waals surface area (Å²) in [6.45, 7) is 2.79. The molecule has 0 aliphatic carbocycles. The molecule has 2 aliphatic rings. The molecule has 1 N–H and O–H groups in total. The summed E-state index contributed by atoms with van der Waals surface area (Å²) in [5.74, 6) is -0.745. The van der Waals surface area contributed by atoms with Crippen molar-refractivity contribution in [1.82, 2.24) is 5.32 Å². The number of nitrogens with zero attached hydrogens (tertiary/aromatic N) is 3. The van der Waals surface area contributed by atoms with E-state index in [0.717, 1.165) is 16.9 Å². The standard InChI is InChI=1S/C22H25FN4O4/c1-31-11-8-24-22(28)19-13-15-12-18(27(29)30)6-7-20(15)26-10-9-25(14-21(19)26)17-4-2-16(23)3-5-17/h2-7,12,19,21H,8-11,13-14H2,1H3,(H,24,28)/t19-,21-/m0/s1. The monoisotopic (exact) mass is 428 g/mol. The molecule has 2 atom stereocenters. The van der Waals surface area contributed by atoms with Gasteiger partial charge in [-0.2, -0.15) is 0 Å². The molecule has 31 heavy (non-hydrogen) atoms. The zero-order valence-electron chi connectivity index (χ0n) is 17.3. The number of hydrogen-bond acceptors (Lipinski definition) is 6. The van der Waals surface area contributed by atoms with Crippen molar-refractivity contribution in [3.63, 3.8) is 0 Å². The molecule has 2 heterocycles. The van der Waals surface area contributed by atoms with Crippen LogP contribution in [0.5, 0.6) is 0 Å². The van der Waals surface area contributed by atoms with E-state index in [4.69, 9.17) is 4.74 Å². The number of ether oxygens (including phenoxy) is 1. The average molecular weight is 428 g/mol. The Balaban J connectivity index is 1.63. The van der Waals surface area contributed by atoms with Crippen molar-refractivity contribution in [2.75, 3.05) is 49.7 Å². The first kappa shape index (κ1) is 21.0. The van der Waals surface area contributed by atoms with Gasteiger partial charge < -0.3 is 19.9 Å². The fourth-order valence-corrected chi connectivity index (χ4v) is 4.52. The molecule has 4 rings (SSSR count). The fraction of sp³-hybridized carbons (Fsp3) is 0.409. The number of carbonyl (C=O) groups excluding carboxylic acids is 1. The Labute approximate surface area is 179 Å². The van der Waals surface area contributed by atoms with Gasteiger partial charge in [-0.25, -0.2) is 4.39 Å². The minimum atomic E-state index is -0.410. The second-order valence-corrected chi connectivity index (χ2v) is 7.85. The molecule has 1 fully saturated rings. The quantitative estimate of drug-likeness (QED) is 0.432. The van der Waals surface area contributed by atoms with Gasteiger partial charge in [-0.1, -0.05) is 0 Å². The maximum Gasteiger partial charge on any atom is 0.269 e. The third-order valence-corrected chi connectivity index (χ3v) is 6.04. The lowest BCUT2D eigenvalue weighted by molar-refractivity contribution is -0.384. The molecule has 0 bridgehead atoms. The Morgan fingerprint density at radius 2 is 2.03 bits per heavy atom. The van der Waals surface area contributed by atoms with Gasteiger partial charge in [-0.3, -0.25) is 14.9 Å². The molecule has 0 unspecified atom stereocenters. The second kappa shape index (κ2) is 8.89. The van der Waals surface area contributed by atoms with Gasteiger partial charge >= 0.3 is 0 Å². The van der Waals surface area contributed by atoms with E-state index in [2.05, 4.69) is 15.1 Å². The predicted molar refractivity (Wildman–Crippen MR) is 115 cm³/mol. The summed E-state index contributed by atoms with van der Waals surface area (Å²) in [6.07, 6.45) is 0.425. The van der Waals surface area contributed by atoms with E-state index in [1.165, 1.54) is 18.2 Å². The maximum atomic E-state index is 13.4. The Bertz CT molecular complexity index is 968. The third-order valence-electron chi connectivity index (χ3n) is 6.04. The average Bonchev–Trinajstić information content (AvgIpc) is 2.78. The highest BCUT2D eigenvalue weighted by molar-refractivity contribution is 5.82. The minimum Gasteiger partial charge on any atom is -0.383 e. The number of fused-ring (bicyclic) bond motifs is 3. The molecule has 2 aromatic rings. The Kier molecular flexibility index (Phi) is 6.03. The molecule has 9 heteroatoms. The van der Waals surface area contributed by atoms with Crippen LogP contribution < -0.4 is 15.1 Å². The van der Waals surface area contributed by atoms with E-state index < -0.39 is 4.92 Å². The number of anilines is 2. The molecule has 2 aromatic carbocycles. The van der Waals surface area contributed by atoms with E-state index in [9.17, 15) is 19.3 Å². The van der Waals surface area contributed by atoms with Gasteiger partial charge in [0.05, 0.1) is 23.5 Å². The van der Waals surface area contributed by atoms with Crippen LogP contribution in [0.15, 0.2) is 42.5 Å². The Morgan fingerprint density at radius 3 is 2.74 bits per heavy atom. The summed E-state index contributed by atoms with van der Waals surface area (Å²) in [5.41, 5.74) is 2.69. The molecule has 164 valence electrons. The predicted octanol–water partition coefficient (Wildman–Crippen LogP) is 2.36. The number of halogens is 1. The van der Waals surface area contributed by atoms with Crippen LogP contribution in [0.25, 0.3) is 0 Å². The minimum absolute atomic E-state index is 0.0284. The Morgan fingerprint density at radius 1 is 1.26 bits per heavy atom. The number of benzene rings is 2. The summed E-state index contributed by atoms with van der Waals surface area (Å²) in [6, 6.07) is 11.1. The highest BCUT2D eigenvalue weighted by Gasteiger charge is 2.42. The number of non-ortho nitro benzene ring substituents is 1. The normalized spacial score (nSPS) is 20.1. The summed E-state index contributed by atoms with van der Waals surface area (Å²) in [4.78, 5) is 28.2. The number of carbonyl (C=O) groups is 1. The van der Waals surface area contributed by atoms with Crippen LogP contribution in [-0.2, 0) is 16.0 Å². The zero-order valence-corrected chi connectivity index (χ0v) is 17.3. The van der Waals surface area contributed by atoms with Gasteiger partial charge in [0.15, 0.2) is 0 Å². The van der Waals surface area contributed by atoms with E-state index in [-0.39, 0.29) is 29.4 Å². The third kappa shape index (κ3) is 4.32. The summed E-state index contributed by atoms with van der Waals surface area (Å²) in [5, 5.41) is 14.2. The number of methoxy groups -OCH3 is 1. The highest BCUT2D eigenvalue weighted by atomic mass is 19.1. The molecule has 0 saturated carbocycles. The van der Waals surface area contributed by atoms with Crippen LogP contribution in [0.4, 0.5) is 21.5 Å². The SMILES string of the molecule is COCCNC(=O)[C@H]1Cc2cc([N+](=O)[O-])ccc2N2CCN(c3ccc(F)cc3)C[C@@H]12. The van der Waals surface area contributed by atoms with Crippen molar-refractivity contribution in [1.29, 1.82) is 0 Å². The van der Waals surface area contributed by atoms with Crippen LogP contribution in [0.3, 0.4) is 0 Å². The first-order valence-corrected chi connectivity index (χ1v) is 10.3. The maximum absolute atomic E-state index is 13.4. The molecule has 2 aliphatic heterocycles. The number of hydrogen-bond donors (Lipinski definition) is 1. The molecule has 1 saturated heterocycles. The van der Waals surface area contributed by atoms with Crippen LogP contribution >= 0.6 is 0 Å². The highest BCUT2D eigenvalue weighted by Crippen LogP contribution is 2.38. The lowest BCUT2D eigenvalue weighted by Crippen LogP contribution is -2.61. The number of piperazine rings is 1. The van der Waals surface area contributed by atoms with Gasteiger partial charge in [0.1, 0.15) is 5.82 Å². The number of amides is 1. The zero-order chi connectivity index (χ0) is 22.0. The molecule has 0 aromatic heterocycles. The summed E-state index contributed by atoms with van der Waals surface area (Å²) in [7, 11) is 1.57. The fourth-order valence-electron chi connectivity index (χ4n) is 4.52. The lowest BCUT2D eigenvalue weighted by Gasteiger charge is -2.49. The molecule has 8 nitrogen and oxygen atoms in total. The van der Waals surface area contributed by atoms with Gasteiger partial charge in [-0.05, 0) is 42.3 Å². The van der Waals surface area contributed by atoms with Crippen molar-refractivity contribution < 1.29 is 18.8 Å². The van der Waals surface area contributed by atoms with Crippen LogP contribution in [-0.4, -0.2) is 56.8 Å². The molecule has 0 spiro atoms. The smallest absolute Gasteiger partial charge is 0.269 e. The molecular formula is C22H25FN4O4. The van der Waals surface area contributed by atoms with E-state index in [1.807, 2.05) is 0 Å². The van der Waals surface area contributed by atoms with Crippen LogP contribution in [0.2, 0.25) is 0 Å². The number of rotatable bonds is 6. The van der Waals surface area contributed by atoms with Gasteiger partial charge in [0.25, 0.3) is 5.69 Å². The van der Waals surface area contributed by atoms with Crippen molar-refractivity contribution in [2.45, 2.75) is 12.5 Å². The van der Waals surface area contributed by atoms with E-state index in [0.29, 0.717) is 39.2 Å². The van der Waals surface area contributed by atoms with Gasteiger partial charge in [0, 0.05) is 56.8 Å². The van der Waals surface area contributed by atoms with Crippen LogP contribution in [0, 0.1) is 21.8 Å². The van der Waals surface area contributed by atoms with Crippen LogP contribution in [0.1, 0.15) is 5.56 Å². The molecule has 0 radical (unpaired) electrons. The first-order chi connectivity index (χ1) is 15.0. The first-order valence-electron chi connectivity index (χ1n) is 10.3. The second-order valence-electron chi connectivity index (χ2n) is 7.85. The van der Waals surface area contributed by atoms with Crippen molar-refractivity contribution in [3.8, 4) is 0 Å². The Hall–Kier alpha value is -3.20. The molecular weight excluding hydrogens is 403 g/mol. The topological polar surface area (TPSA) is 87.9 Å². The molecule has 1 amide bonds. The number of nitrogens with one attached hydrogen (secondary N) is 1. The van der Waals surface area contributed by atoms with Gasteiger partial charge in [0.2, 0.25) is 5.91 Å².